The molecule has 1 fully saturated rings. The highest BCUT2D eigenvalue weighted by Crippen LogP contribution is 2.31. The van der Waals surface area contributed by atoms with Gasteiger partial charge in [0.05, 0.1) is 0 Å². The number of aryl methyl sites for hydroxylation is 1. The molecule has 0 spiro atoms. The van der Waals surface area contributed by atoms with Gasteiger partial charge in [0.15, 0.2) is 0 Å². The molecule has 0 aliphatic carbocycles. The largest absolute Gasteiger partial charge is 0.325 e. The minimum absolute atomic E-state index is 0.301. The summed E-state index contributed by atoms with van der Waals surface area (Å²) in [6, 6.07) is 9.05. The molecule has 8 heteroatoms. The summed E-state index contributed by atoms with van der Waals surface area (Å²) in [6.45, 7) is 2.79. The van der Waals surface area contributed by atoms with Crippen molar-refractivity contribution in [3.05, 3.63) is 65.2 Å². The summed E-state index contributed by atoms with van der Waals surface area (Å²) in [6.07, 6.45) is 1.93. The van der Waals surface area contributed by atoms with E-state index >= 15 is 0 Å². The van der Waals surface area contributed by atoms with Crippen molar-refractivity contribution in [3.8, 4) is 0 Å². The highest BCUT2D eigenvalue weighted by Gasteiger charge is 2.50. The van der Waals surface area contributed by atoms with E-state index in [2.05, 4.69) is 17.6 Å². The van der Waals surface area contributed by atoms with Gasteiger partial charge in [0, 0.05) is 11.3 Å². The van der Waals surface area contributed by atoms with Crippen molar-refractivity contribution in [1.82, 2.24) is 10.2 Å². The monoisotopic (exact) mass is 401 g/mol. The number of anilines is 1. The molecule has 2 N–H and O–H groups in total. The number of rotatable bonds is 6. The lowest BCUT2D eigenvalue weighted by atomic mass is 9.91. The Kier molecular flexibility index (Phi) is 5.63. The zero-order valence-corrected chi connectivity index (χ0v) is 16.1. The number of hydrogen-bond acceptors (Lipinski definition) is 3. The first kappa shape index (κ1) is 20.4. The SMILES string of the molecule is CCCc1ccc(NC(=O)CN2C(=O)NC(C)(c3cc(F)ccc3F)C2=O)cc1. The lowest BCUT2D eigenvalue weighted by molar-refractivity contribution is -0.133. The molecule has 0 bridgehead atoms. The van der Waals surface area contributed by atoms with Crippen LogP contribution in [0.4, 0.5) is 19.3 Å². The molecule has 3 rings (SSSR count). The van der Waals surface area contributed by atoms with E-state index in [1.54, 1.807) is 12.1 Å². The number of amides is 4. The molecule has 1 aliphatic rings. The van der Waals surface area contributed by atoms with E-state index in [0.717, 1.165) is 36.6 Å². The number of carbonyl (C=O) groups is 3. The molecule has 152 valence electrons. The van der Waals surface area contributed by atoms with Crippen molar-refractivity contribution in [1.29, 1.82) is 0 Å². The summed E-state index contributed by atoms with van der Waals surface area (Å²) in [5.74, 6) is -2.99. The Morgan fingerprint density at radius 1 is 1.14 bits per heavy atom. The fraction of sp³-hybridized carbons (Fsp3) is 0.286. The number of hydrogen-bond donors (Lipinski definition) is 2. The van der Waals surface area contributed by atoms with E-state index in [9.17, 15) is 23.2 Å². The Bertz CT molecular complexity index is 962. The van der Waals surface area contributed by atoms with Crippen LogP contribution in [-0.4, -0.2) is 29.3 Å². The van der Waals surface area contributed by atoms with Crippen LogP contribution in [0.25, 0.3) is 0 Å². The van der Waals surface area contributed by atoms with Gasteiger partial charge < -0.3 is 10.6 Å². The average Bonchev–Trinajstić information content (AvgIpc) is 2.89. The third kappa shape index (κ3) is 4.11. The van der Waals surface area contributed by atoms with E-state index < -0.39 is 41.6 Å². The van der Waals surface area contributed by atoms with Crippen LogP contribution in [0.5, 0.6) is 0 Å². The summed E-state index contributed by atoms with van der Waals surface area (Å²) in [4.78, 5) is 38.1. The van der Waals surface area contributed by atoms with Crippen LogP contribution in [0.3, 0.4) is 0 Å². The minimum atomic E-state index is -1.80. The molecule has 0 saturated carbocycles. The van der Waals surface area contributed by atoms with E-state index in [0.29, 0.717) is 10.6 Å². The summed E-state index contributed by atoms with van der Waals surface area (Å²) in [7, 11) is 0. The third-order valence-electron chi connectivity index (χ3n) is 4.82. The quantitative estimate of drug-likeness (QED) is 0.729. The highest BCUT2D eigenvalue weighted by atomic mass is 19.1. The number of halogens is 2. The number of nitrogens with zero attached hydrogens (tertiary/aromatic N) is 1. The highest BCUT2D eigenvalue weighted by molar-refractivity contribution is 6.10. The molecule has 1 atom stereocenters. The maximum atomic E-state index is 14.2. The predicted octanol–water partition coefficient (Wildman–Crippen LogP) is 3.32. The van der Waals surface area contributed by atoms with E-state index in [1.807, 2.05) is 12.1 Å². The Morgan fingerprint density at radius 2 is 1.83 bits per heavy atom. The fourth-order valence-corrected chi connectivity index (χ4v) is 3.29. The van der Waals surface area contributed by atoms with Gasteiger partial charge >= 0.3 is 6.03 Å². The Hall–Kier alpha value is -3.29. The molecule has 6 nitrogen and oxygen atoms in total. The van der Waals surface area contributed by atoms with Crippen LogP contribution in [0.2, 0.25) is 0 Å². The first-order valence-electron chi connectivity index (χ1n) is 9.23. The number of urea groups is 1. The van der Waals surface area contributed by atoms with Crippen molar-refractivity contribution in [2.75, 3.05) is 11.9 Å². The van der Waals surface area contributed by atoms with Gasteiger partial charge in [0.2, 0.25) is 5.91 Å². The van der Waals surface area contributed by atoms with Gasteiger partial charge in [-0.25, -0.2) is 13.6 Å². The van der Waals surface area contributed by atoms with Crippen LogP contribution >= 0.6 is 0 Å². The second kappa shape index (κ2) is 7.98. The lowest BCUT2D eigenvalue weighted by Gasteiger charge is -2.22. The third-order valence-corrected chi connectivity index (χ3v) is 4.82. The molecule has 4 amide bonds. The summed E-state index contributed by atoms with van der Waals surface area (Å²) in [5.41, 5.74) is -0.440. The van der Waals surface area contributed by atoms with Crippen molar-refractivity contribution < 1.29 is 23.2 Å². The predicted molar refractivity (Wildman–Crippen MR) is 103 cm³/mol. The number of carbonyl (C=O) groups excluding carboxylic acids is 3. The first-order valence-corrected chi connectivity index (χ1v) is 9.23. The molecule has 0 aromatic heterocycles. The first-order chi connectivity index (χ1) is 13.7. The van der Waals surface area contributed by atoms with Crippen LogP contribution < -0.4 is 10.6 Å². The number of imide groups is 1. The average molecular weight is 401 g/mol. The second-order valence-corrected chi connectivity index (χ2v) is 7.07. The van der Waals surface area contributed by atoms with E-state index in [-0.39, 0.29) is 5.56 Å². The molecule has 2 aromatic rings. The molecular formula is C21H21F2N3O3. The van der Waals surface area contributed by atoms with Gasteiger partial charge in [0.25, 0.3) is 5.91 Å². The maximum absolute atomic E-state index is 14.2. The molecular weight excluding hydrogens is 380 g/mol. The Balaban J connectivity index is 1.73. The maximum Gasteiger partial charge on any atom is 0.325 e. The second-order valence-electron chi connectivity index (χ2n) is 7.07. The van der Waals surface area contributed by atoms with Gasteiger partial charge in [-0.3, -0.25) is 14.5 Å². The van der Waals surface area contributed by atoms with Crippen molar-refractivity contribution >= 4 is 23.5 Å². The molecule has 1 heterocycles. The molecule has 2 aromatic carbocycles. The Labute approximate surface area is 166 Å². The van der Waals surface area contributed by atoms with Crippen molar-refractivity contribution in [2.24, 2.45) is 0 Å². The summed E-state index contributed by atoms with van der Waals surface area (Å²) < 4.78 is 27.7. The lowest BCUT2D eigenvalue weighted by Crippen LogP contribution is -2.42. The van der Waals surface area contributed by atoms with Gasteiger partial charge in [-0.1, -0.05) is 25.5 Å². The fourth-order valence-electron chi connectivity index (χ4n) is 3.29. The summed E-state index contributed by atoms with van der Waals surface area (Å²) in [5, 5.41) is 4.98. The molecule has 1 aliphatic heterocycles. The van der Waals surface area contributed by atoms with Crippen LogP contribution in [-0.2, 0) is 21.5 Å². The van der Waals surface area contributed by atoms with Crippen LogP contribution in [0.1, 0.15) is 31.4 Å². The van der Waals surface area contributed by atoms with Gasteiger partial charge in [-0.2, -0.15) is 0 Å². The molecule has 0 radical (unpaired) electrons. The normalized spacial score (nSPS) is 18.7. The van der Waals surface area contributed by atoms with E-state index in [4.69, 9.17) is 0 Å². The Morgan fingerprint density at radius 3 is 2.48 bits per heavy atom. The molecule has 1 saturated heterocycles. The van der Waals surface area contributed by atoms with E-state index in [1.165, 1.54) is 6.92 Å². The number of benzene rings is 2. The smallest absolute Gasteiger partial charge is 0.325 e. The standard InChI is InChI=1S/C21H21F2N3O3/c1-3-4-13-5-8-15(9-6-13)24-18(27)12-26-19(28)21(2,25-20(26)29)16-11-14(22)7-10-17(16)23/h5-11H,3-4,12H2,1-2H3,(H,24,27)(H,25,29). The van der Waals surface area contributed by atoms with Gasteiger partial charge in [-0.05, 0) is 49.2 Å². The number of nitrogens with one attached hydrogen (secondary N) is 2. The zero-order valence-electron chi connectivity index (χ0n) is 16.1. The van der Waals surface area contributed by atoms with Gasteiger partial charge in [0.1, 0.15) is 23.7 Å². The van der Waals surface area contributed by atoms with Crippen molar-refractivity contribution in [2.45, 2.75) is 32.2 Å². The van der Waals surface area contributed by atoms with Gasteiger partial charge in [-0.15, -0.1) is 0 Å². The van der Waals surface area contributed by atoms with Crippen LogP contribution in [0, 0.1) is 11.6 Å². The molecule has 1 unspecified atom stereocenters. The summed E-state index contributed by atoms with van der Waals surface area (Å²) >= 11 is 0. The molecule has 29 heavy (non-hydrogen) atoms. The minimum Gasteiger partial charge on any atom is -0.325 e. The van der Waals surface area contributed by atoms with Crippen molar-refractivity contribution in [3.63, 3.8) is 0 Å². The topological polar surface area (TPSA) is 78.5 Å². The van der Waals surface area contributed by atoms with Crippen LogP contribution in [0.15, 0.2) is 42.5 Å². The zero-order chi connectivity index (χ0) is 21.2.